The Balaban J connectivity index is 2.44. The number of hydrogen-bond donors (Lipinski definition) is 1. The molecule has 0 radical (unpaired) electrons. The highest BCUT2D eigenvalue weighted by Crippen LogP contribution is 2.33. The summed E-state index contributed by atoms with van der Waals surface area (Å²) in [7, 11) is 0. The molecule has 1 aromatic rings. The smallest absolute Gasteiger partial charge is 0.245 e. The summed E-state index contributed by atoms with van der Waals surface area (Å²) in [6, 6.07) is 7.43. The van der Waals surface area contributed by atoms with Crippen molar-refractivity contribution < 1.29 is 4.79 Å². The molecule has 0 saturated heterocycles. The van der Waals surface area contributed by atoms with Crippen molar-refractivity contribution in [2.45, 2.75) is 10.9 Å². The van der Waals surface area contributed by atoms with E-state index in [-0.39, 0.29) is 5.91 Å². The van der Waals surface area contributed by atoms with Crippen LogP contribution in [0.3, 0.4) is 0 Å². The number of carbonyl (C=O) groups excluding carboxylic acids is 1. The number of fused-ring (bicyclic) bond motifs is 1. The zero-order chi connectivity index (χ0) is 11.5. The van der Waals surface area contributed by atoms with E-state index in [0.717, 1.165) is 10.6 Å². The van der Waals surface area contributed by atoms with Gasteiger partial charge in [-0.05, 0) is 12.1 Å². The molecule has 1 aliphatic rings. The second kappa shape index (κ2) is 4.72. The first-order valence-electron chi connectivity index (χ1n) is 5.13. The van der Waals surface area contributed by atoms with Crippen LogP contribution >= 0.6 is 11.8 Å². The average Bonchev–Trinajstić information content (AvgIpc) is 2.42. The molecule has 0 aromatic heterocycles. The van der Waals surface area contributed by atoms with Crippen LogP contribution in [-0.2, 0) is 4.79 Å². The minimum atomic E-state index is -0.433. The number of thioether (sulfide) groups is 1. The molecule has 1 atom stereocenters. The van der Waals surface area contributed by atoms with Crippen LogP contribution in [0.1, 0.15) is 0 Å². The third-order valence-electron chi connectivity index (χ3n) is 2.47. The fourth-order valence-corrected chi connectivity index (χ4v) is 2.69. The van der Waals surface area contributed by atoms with Gasteiger partial charge in [0.25, 0.3) is 0 Å². The number of anilines is 1. The normalized spacial score (nSPS) is 20.2. The lowest BCUT2D eigenvalue weighted by atomic mass is 10.2. The van der Waals surface area contributed by atoms with Crippen LogP contribution in [0.5, 0.6) is 0 Å². The number of benzene rings is 1. The second-order valence-electron chi connectivity index (χ2n) is 3.62. The third-order valence-corrected chi connectivity index (χ3v) is 3.65. The summed E-state index contributed by atoms with van der Waals surface area (Å²) in [5, 5.41) is 0. The van der Waals surface area contributed by atoms with Crippen LogP contribution in [0.4, 0.5) is 5.69 Å². The Labute approximate surface area is 99.3 Å². The third kappa shape index (κ3) is 1.99. The molecule has 1 aliphatic heterocycles. The Kier molecular flexibility index (Phi) is 3.31. The van der Waals surface area contributed by atoms with Crippen molar-refractivity contribution >= 4 is 23.4 Å². The Hall–Kier alpha value is -1.26. The minimum absolute atomic E-state index is 0.0302. The lowest BCUT2D eigenvalue weighted by Gasteiger charge is -2.22. The minimum Gasteiger partial charge on any atom is -0.319 e. The van der Waals surface area contributed by atoms with E-state index >= 15 is 0 Å². The molecule has 1 aromatic carbocycles. The maximum Gasteiger partial charge on any atom is 0.245 e. The largest absolute Gasteiger partial charge is 0.319 e. The van der Waals surface area contributed by atoms with Gasteiger partial charge >= 0.3 is 0 Å². The second-order valence-corrected chi connectivity index (χ2v) is 4.68. The molecule has 3 nitrogen and oxygen atoms in total. The van der Waals surface area contributed by atoms with E-state index in [1.807, 2.05) is 24.3 Å². The number of amides is 1. The molecule has 0 saturated carbocycles. The zero-order valence-corrected chi connectivity index (χ0v) is 9.74. The number of hydrogen-bond acceptors (Lipinski definition) is 3. The molecule has 2 rings (SSSR count). The van der Waals surface area contributed by atoms with Crippen LogP contribution in [0.2, 0.25) is 0 Å². The summed E-state index contributed by atoms with van der Waals surface area (Å²) in [6.45, 7) is 4.18. The molecule has 0 spiro atoms. The van der Waals surface area contributed by atoms with E-state index in [2.05, 4.69) is 6.58 Å². The number of nitrogens with zero attached hydrogens (tertiary/aromatic N) is 1. The lowest BCUT2D eigenvalue weighted by molar-refractivity contribution is -0.119. The number of carbonyl (C=O) groups is 1. The lowest BCUT2D eigenvalue weighted by Crippen LogP contribution is -2.44. The van der Waals surface area contributed by atoms with Gasteiger partial charge in [0.2, 0.25) is 5.91 Å². The molecule has 2 N–H and O–H groups in total. The summed E-state index contributed by atoms with van der Waals surface area (Å²) in [5.74, 6) is 0.598. The molecule has 1 amide bonds. The average molecular weight is 234 g/mol. The van der Waals surface area contributed by atoms with Gasteiger partial charge in [0.1, 0.15) is 0 Å². The topological polar surface area (TPSA) is 46.3 Å². The van der Waals surface area contributed by atoms with Gasteiger partial charge in [0, 0.05) is 17.2 Å². The van der Waals surface area contributed by atoms with Crippen LogP contribution in [0, 0.1) is 0 Å². The summed E-state index contributed by atoms with van der Waals surface area (Å²) in [5.41, 5.74) is 6.77. The number of rotatable bonds is 2. The van der Waals surface area contributed by atoms with Gasteiger partial charge in [-0.25, -0.2) is 0 Å². The number of para-hydroxylation sites is 1. The standard InChI is InChI=1S/C12H14N2OS/c1-2-7-14-10-5-3-4-6-11(10)16-8-9(13)12(14)15/h2-6,9H,1,7-8,13H2. The summed E-state index contributed by atoms with van der Waals surface area (Å²) >= 11 is 1.63. The van der Waals surface area contributed by atoms with Crippen molar-refractivity contribution in [3.05, 3.63) is 36.9 Å². The molecule has 1 unspecified atom stereocenters. The van der Waals surface area contributed by atoms with Gasteiger partial charge in [-0.15, -0.1) is 18.3 Å². The zero-order valence-electron chi connectivity index (χ0n) is 8.93. The molecule has 0 aliphatic carbocycles. The van der Waals surface area contributed by atoms with Crippen molar-refractivity contribution in [2.75, 3.05) is 17.2 Å². The van der Waals surface area contributed by atoms with Crippen molar-refractivity contribution in [1.82, 2.24) is 0 Å². The Morgan fingerprint density at radius 2 is 2.31 bits per heavy atom. The van der Waals surface area contributed by atoms with Gasteiger partial charge in [-0.3, -0.25) is 4.79 Å². The van der Waals surface area contributed by atoms with Gasteiger partial charge in [0.15, 0.2) is 0 Å². The Bertz CT molecular complexity index is 419. The van der Waals surface area contributed by atoms with Crippen molar-refractivity contribution in [3.63, 3.8) is 0 Å². The van der Waals surface area contributed by atoms with Crippen molar-refractivity contribution in [1.29, 1.82) is 0 Å². The van der Waals surface area contributed by atoms with Crippen LogP contribution in [0.15, 0.2) is 41.8 Å². The van der Waals surface area contributed by atoms with Crippen LogP contribution in [0.25, 0.3) is 0 Å². The summed E-state index contributed by atoms with van der Waals surface area (Å²) < 4.78 is 0. The maximum atomic E-state index is 12.0. The molecule has 0 bridgehead atoms. The van der Waals surface area contributed by atoms with Gasteiger partial charge < -0.3 is 10.6 Å². The fourth-order valence-electron chi connectivity index (χ4n) is 1.69. The van der Waals surface area contributed by atoms with E-state index in [1.165, 1.54) is 0 Å². The van der Waals surface area contributed by atoms with Crippen LogP contribution < -0.4 is 10.6 Å². The highest BCUT2D eigenvalue weighted by atomic mass is 32.2. The molecule has 16 heavy (non-hydrogen) atoms. The van der Waals surface area contributed by atoms with Crippen LogP contribution in [-0.4, -0.2) is 24.2 Å². The molecule has 1 heterocycles. The van der Waals surface area contributed by atoms with Gasteiger partial charge in [-0.1, -0.05) is 18.2 Å². The first-order chi connectivity index (χ1) is 7.74. The molecular formula is C12H14N2OS. The highest BCUT2D eigenvalue weighted by molar-refractivity contribution is 7.99. The SMILES string of the molecule is C=CCN1C(=O)C(N)CSc2ccccc21. The van der Waals surface area contributed by atoms with Crippen molar-refractivity contribution in [2.24, 2.45) is 5.73 Å². The molecule has 4 heteroatoms. The molecule has 84 valence electrons. The van der Waals surface area contributed by atoms with Gasteiger partial charge in [0.05, 0.1) is 11.7 Å². The van der Waals surface area contributed by atoms with E-state index in [4.69, 9.17) is 5.73 Å². The van der Waals surface area contributed by atoms with E-state index in [0.29, 0.717) is 12.3 Å². The monoisotopic (exact) mass is 234 g/mol. The predicted octanol–water partition coefficient (Wildman–Crippen LogP) is 1.64. The van der Waals surface area contributed by atoms with E-state index in [1.54, 1.807) is 22.7 Å². The highest BCUT2D eigenvalue weighted by Gasteiger charge is 2.27. The molecular weight excluding hydrogens is 220 g/mol. The van der Waals surface area contributed by atoms with E-state index in [9.17, 15) is 4.79 Å². The van der Waals surface area contributed by atoms with Crippen molar-refractivity contribution in [3.8, 4) is 0 Å². The number of nitrogens with two attached hydrogens (primary N) is 1. The molecule has 0 fully saturated rings. The summed E-state index contributed by atoms with van der Waals surface area (Å²) in [6.07, 6.45) is 1.72. The van der Waals surface area contributed by atoms with E-state index < -0.39 is 6.04 Å². The Morgan fingerprint density at radius 1 is 1.56 bits per heavy atom. The van der Waals surface area contributed by atoms with Gasteiger partial charge in [-0.2, -0.15) is 0 Å². The predicted molar refractivity (Wildman–Crippen MR) is 67.7 cm³/mol. The summed E-state index contributed by atoms with van der Waals surface area (Å²) in [4.78, 5) is 14.8. The first-order valence-corrected chi connectivity index (χ1v) is 6.12. The Morgan fingerprint density at radius 3 is 3.06 bits per heavy atom. The quantitative estimate of drug-likeness (QED) is 0.791. The first kappa shape index (κ1) is 11.2. The maximum absolute atomic E-state index is 12.0. The fraction of sp³-hybridized carbons (Fsp3) is 0.250.